The molecule has 0 unspecified atom stereocenters. The van der Waals surface area contributed by atoms with Gasteiger partial charge < -0.3 is 9.47 Å². The molecule has 0 aliphatic rings. The second-order valence-electron chi connectivity index (χ2n) is 6.40. The average molecular weight is 417 g/mol. The van der Waals surface area contributed by atoms with Crippen LogP contribution in [0.15, 0.2) is 47.4 Å². The molecule has 1 heterocycles. The number of halogens is 1. The summed E-state index contributed by atoms with van der Waals surface area (Å²) in [5.74, 6) is 0.296. The highest BCUT2D eigenvalue weighted by Gasteiger charge is 2.17. The van der Waals surface area contributed by atoms with Gasteiger partial charge >= 0.3 is 0 Å². The number of aromatic nitrogens is 2. The Balaban J connectivity index is 1.92. The second kappa shape index (κ2) is 9.45. The molecule has 0 saturated carbocycles. The molecule has 0 fully saturated rings. The molecule has 0 spiro atoms. The van der Waals surface area contributed by atoms with E-state index in [1.807, 2.05) is 42.7 Å². The van der Waals surface area contributed by atoms with E-state index in [1.54, 1.807) is 17.8 Å². The molecular formula is C21H25ClN4OS. The Bertz CT molecular complexity index is 968. The number of carbonyl (C=O) groups excluding carboxylic acids is 1. The monoisotopic (exact) mass is 416 g/mol. The molecule has 0 radical (unpaired) electrons. The van der Waals surface area contributed by atoms with Gasteiger partial charge in [-0.3, -0.25) is 10.1 Å². The average Bonchev–Trinajstić information content (AvgIpc) is 3.06. The van der Waals surface area contributed by atoms with E-state index in [-0.39, 0.29) is 5.91 Å². The number of hydrogen-bond donors (Lipinski definition) is 1. The molecule has 0 bridgehead atoms. The van der Waals surface area contributed by atoms with E-state index < -0.39 is 0 Å². The highest BCUT2D eigenvalue weighted by molar-refractivity contribution is 7.98. The van der Waals surface area contributed by atoms with Crippen molar-refractivity contribution in [3.63, 3.8) is 0 Å². The summed E-state index contributed by atoms with van der Waals surface area (Å²) in [6.07, 6.45) is 1.97. The maximum absolute atomic E-state index is 12.9. The first-order valence-corrected chi connectivity index (χ1v) is 11.0. The van der Waals surface area contributed by atoms with Gasteiger partial charge in [0.2, 0.25) is 5.95 Å². The summed E-state index contributed by atoms with van der Waals surface area (Å²) in [5.41, 5.74) is 2.33. The topological polar surface area (TPSA) is 50.2 Å². The van der Waals surface area contributed by atoms with E-state index in [4.69, 9.17) is 11.6 Å². The lowest BCUT2D eigenvalue weighted by atomic mass is 10.2. The number of benzene rings is 2. The van der Waals surface area contributed by atoms with Crippen LogP contribution in [-0.4, -0.2) is 46.2 Å². The van der Waals surface area contributed by atoms with Crippen molar-refractivity contribution in [3.05, 3.63) is 53.1 Å². The van der Waals surface area contributed by atoms with Crippen LogP contribution in [0.25, 0.3) is 11.0 Å². The fourth-order valence-corrected chi connectivity index (χ4v) is 3.80. The molecule has 5 nitrogen and oxygen atoms in total. The quantitative estimate of drug-likeness (QED) is 0.524. The molecule has 1 aromatic heterocycles. The number of fused-ring (bicyclic) bond motifs is 1. The summed E-state index contributed by atoms with van der Waals surface area (Å²) < 4.78 is 2.07. The first-order valence-electron chi connectivity index (χ1n) is 9.39. The third kappa shape index (κ3) is 4.51. The van der Waals surface area contributed by atoms with Crippen molar-refractivity contribution in [2.45, 2.75) is 25.3 Å². The van der Waals surface area contributed by atoms with Crippen LogP contribution < -0.4 is 5.32 Å². The molecular weight excluding hydrogens is 392 g/mol. The first kappa shape index (κ1) is 20.7. The summed E-state index contributed by atoms with van der Waals surface area (Å²) in [5, 5.41) is 3.40. The van der Waals surface area contributed by atoms with Crippen LogP contribution in [0.4, 0.5) is 5.95 Å². The highest BCUT2D eigenvalue weighted by Crippen LogP contribution is 2.25. The second-order valence-corrected chi connectivity index (χ2v) is 7.69. The fourth-order valence-electron chi connectivity index (χ4n) is 3.15. The number of nitrogens with zero attached hydrogens (tertiary/aromatic N) is 3. The van der Waals surface area contributed by atoms with E-state index in [2.05, 4.69) is 33.6 Å². The Kier molecular flexibility index (Phi) is 6.99. The lowest BCUT2D eigenvalue weighted by Gasteiger charge is -2.19. The number of carbonyl (C=O) groups is 1. The first-order chi connectivity index (χ1) is 13.6. The Morgan fingerprint density at radius 1 is 1.21 bits per heavy atom. The third-order valence-corrected chi connectivity index (χ3v) is 5.89. The van der Waals surface area contributed by atoms with Crippen LogP contribution in [0.1, 0.15) is 24.2 Å². The summed E-state index contributed by atoms with van der Waals surface area (Å²) in [6.45, 7) is 7.91. The predicted molar refractivity (Wildman–Crippen MR) is 119 cm³/mol. The van der Waals surface area contributed by atoms with Crippen molar-refractivity contribution in [1.82, 2.24) is 14.5 Å². The number of imidazole rings is 1. The number of amides is 1. The predicted octanol–water partition coefficient (Wildman–Crippen LogP) is 5.01. The van der Waals surface area contributed by atoms with Crippen molar-refractivity contribution < 1.29 is 4.79 Å². The van der Waals surface area contributed by atoms with Crippen LogP contribution in [0, 0.1) is 0 Å². The zero-order valence-corrected chi connectivity index (χ0v) is 18.0. The van der Waals surface area contributed by atoms with Crippen LogP contribution >= 0.6 is 23.4 Å². The summed E-state index contributed by atoms with van der Waals surface area (Å²) in [4.78, 5) is 20.9. The van der Waals surface area contributed by atoms with Gasteiger partial charge in [-0.25, -0.2) is 4.98 Å². The number of anilines is 1. The van der Waals surface area contributed by atoms with Crippen LogP contribution in [0.3, 0.4) is 0 Å². The van der Waals surface area contributed by atoms with Gasteiger partial charge in [0.1, 0.15) is 0 Å². The maximum atomic E-state index is 12.9. The van der Waals surface area contributed by atoms with E-state index in [0.717, 1.165) is 42.1 Å². The molecule has 2 aromatic carbocycles. The van der Waals surface area contributed by atoms with Crippen molar-refractivity contribution in [3.8, 4) is 0 Å². The molecule has 0 aliphatic carbocycles. The molecule has 28 heavy (non-hydrogen) atoms. The van der Waals surface area contributed by atoms with Gasteiger partial charge in [-0.15, -0.1) is 11.8 Å². The van der Waals surface area contributed by atoms with Gasteiger partial charge in [0.25, 0.3) is 5.91 Å². The maximum Gasteiger partial charge on any atom is 0.259 e. The van der Waals surface area contributed by atoms with Gasteiger partial charge in [0.15, 0.2) is 0 Å². The normalized spacial score (nSPS) is 11.3. The van der Waals surface area contributed by atoms with Gasteiger partial charge in [0.05, 0.1) is 21.6 Å². The van der Waals surface area contributed by atoms with Gasteiger partial charge in [-0.2, -0.15) is 0 Å². The minimum atomic E-state index is -0.250. The van der Waals surface area contributed by atoms with Crippen molar-refractivity contribution in [2.24, 2.45) is 0 Å². The Labute approximate surface area is 175 Å². The van der Waals surface area contributed by atoms with Gasteiger partial charge in [0, 0.05) is 18.0 Å². The van der Waals surface area contributed by atoms with E-state index in [9.17, 15) is 4.79 Å². The highest BCUT2D eigenvalue weighted by atomic mass is 35.5. The largest absolute Gasteiger partial charge is 0.309 e. The fraction of sp³-hybridized carbons (Fsp3) is 0.333. The molecule has 3 rings (SSSR count). The van der Waals surface area contributed by atoms with Crippen molar-refractivity contribution >= 4 is 46.3 Å². The molecule has 1 amide bonds. The molecule has 1 N–H and O–H groups in total. The smallest absolute Gasteiger partial charge is 0.259 e. The summed E-state index contributed by atoms with van der Waals surface area (Å²) >= 11 is 7.84. The Morgan fingerprint density at radius 3 is 2.68 bits per heavy atom. The number of hydrogen-bond acceptors (Lipinski definition) is 4. The van der Waals surface area contributed by atoms with Crippen molar-refractivity contribution in [2.75, 3.05) is 31.2 Å². The van der Waals surface area contributed by atoms with Crippen LogP contribution in [0.5, 0.6) is 0 Å². The zero-order valence-electron chi connectivity index (χ0n) is 16.4. The summed E-state index contributed by atoms with van der Waals surface area (Å²) in [6, 6.07) is 13.4. The number of para-hydroxylation sites is 2. The lowest BCUT2D eigenvalue weighted by molar-refractivity contribution is 0.102. The van der Waals surface area contributed by atoms with E-state index >= 15 is 0 Å². The Hall–Kier alpha value is -2.02. The Morgan fingerprint density at radius 2 is 1.96 bits per heavy atom. The molecule has 0 saturated heterocycles. The molecule has 0 aliphatic heterocycles. The number of nitrogens with one attached hydrogen (secondary N) is 1. The molecule has 3 aromatic rings. The number of likely N-dealkylation sites (N-methyl/N-ethyl adjacent to an activating group) is 1. The molecule has 148 valence electrons. The van der Waals surface area contributed by atoms with Crippen LogP contribution in [0.2, 0.25) is 5.02 Å². The summed E-state index contributed by atoms with van der Waals surface area (Å²) in [7, 11) is 0. The van der Waals surface area contributed by atoms with Gasteiger partial charge in [-0.1, -0.05) is 37.6 Å². The van der Waals surface area contributed by atoms with E-state index in [0.29, 0.717) is 16.5 Å². The number of thioether (sulfide) groups is 1. The number of rotatable bonds is 8. The van der Waals surface area contributed by atoms with Crippen LogP contribution in [-0.2, 0) is 6.54 Å². The third-order valence-electron chi connectivity index (χ3n) is 4.83. The van der Waals surface area contributed by atoms with E-state index in [1.165, 1.54) is 0 Å². The van der Waals surface area contributed by atoms with Gasteiger partial charge in [-0.05, 0) is 49.7 Å². The minimum Gasteiger partial charge on any atom is -0.309 e. The van der Waals surface area contributed by atoms with Crippen molar-refractivity contribution in [1.29, 1.82) is 0 Å². The standard InChI is InChI=1S/C21H25ClN4OS/c1-4-25(5-2)12-13-26-19-9-7-6-8-18(19)23-21(26)24-20(27)16-14-15(28-3)10-11-17(16)22/h6-11,14H,4-5,12-13H2,1-3H3,(H,23,24,27). The molecule has 0 atom stereocenters. The lowest BCUT2D eigenvalue weighted by Crippen LogP contribution is -2.27. The SMILES string of the molecule is CCN(CC)CCn1c(NC(=O)c2cc(SC)ccc2Cl)nc2ccccc21. The molecule has 7 heteroatoms. The zero-order chi connectivity index (χ0) is 20.1. The minimum absolute atomic E-state index is 0.250.